The van der Waals surface area contributed by atoms with Gasteiger partial charge < -0.3 is 10.1 Å². The van der Waals surface area contributed by atoms with Crippen LogP contribution in [0.15, 0.2) is 11.4 Å². The molecule has 0 saturated carbocycles. The molecule has 1 N–H and O–H groups in total. The molecule has 4 nitrogen and oxygen atoms in total. The summed E-state index contributed by atoms with van der Waals surface area (Å²) in [6.07, 6.45) is 2.10. The number of hydrogen-bond donors (Lipinski definition) is 1. The quantitative estimate of drug-likeness (QED) is 0.893. The van der Waals surface area contributed by atoms with Crippen LogP contribution in [0.25, 0.3) is 0 Å². The topological polar surface area (TPSA) is 41.6 Å². The van der Waals surface area contributed by atoms with Gasteiger partial charge in [0.05, 0.1) is 13.2 Å². The molecule has 1 fully saturated rings. The van der Waals surface area contributed by atoms with Crippen molar-refractivity contribution in [1.82, 2.24) is 10.2 Å². The second-order valence-corrected chi connectivity index (χ2v) is 8.17. The van der Waals surface area contributed by atoms with Crippen molar-refractivity contribution in [2.75, 3.05) is 38.6 Å². The Labute approximate surface area is 140 Å². The molecule has 0 aliphatic carbocycles. The zero-order chi connectivity index (χ0) is 15.4. The van der Waals surface area contributed by atoms with Crippen molar-refractivity contribution in [1.29, 1.82) is 0 Å². The Morgan fingerprint density at radius 2 is 2.32 bits per heavy atom. The number of carbonyl (C=O) groups is 1. The van der Waals surface area contributed by atoms with Gasteiger partial charge in [-0.3, -0.25) is 9.69 Å². The van der Waals surface area contributed by atoms with Gasteiger partial charge in [0.15, 0.2) is 0 Å². The molecule has 2 atom stereocenters. The Kier molecular flexibility index (Phi) is 5.79. The largest absolute Gasteiger partial charge is 0.379 e. The Hall–Kier alpha value is -0.560. The summed E-state index contributed by atoms with van der Waals surface area (Å²) < 4.78 is 5.36. The summed E-state index contributed by atoms with van der Waals surface area (Å²) in [5.41, 5.74) is 1.24. The van der Waals surface area contributed by atoms with E-state index in [-0.39, 0.29) is 17.2 Å². The molecule has 3 heterocycles. The molecule has 0 unspecified atom stereocenters. The van der Waals surface area contributed by atoms with Crippen LogP contribution in [0.5, 0.6) is 0 Å². The molecule has 2 aliphatic heterocycles. The predicted octanol–water partition coefficient (Wildman–Crippen LogP) is 2.31. The first kappa shape index (κ1) is 16.3. The molecule has 3 rings (SSSR count). The summed E-state index contributed by atoms with van der Waals surface area (Å²) in [5, 5.41) is 5.30. The first-order valence-electron chi connectivity index (χ1n) is 8.02. The second-order valence-electron chi connectivity index (χ2n) is 5.95. The van der Waals surface area contributed by atoms with Crippen LogP contribution in [0.3, 0.4) is 0 Å². The van der Waals surface area contributed by atoms with Gasteiger partial charge in [-0.2, -0.15) is 0 Å². The molecule has 0 bridgehead atoms. The highest BCUT2D eigenvalue weighted by atomic mass is 32.2. The molecule has 1 amide bonds. The lowest BCUT2D eigenvalue weighted by molar-refractivity contribution is -0.121. The molecule has 1 saturated heterocycles. The normalized spacial score (nSPS) is 23.8. The zero-order valence-corrected chi connectivity index (χ0v) is 14.7. The van der Waals surface area contributed by atoms with E-state index in [2.05, 4.69) is 28.6 Å². The van der Waals surface area contributed by atoms with Crippen LogP contribution in [-0.4, -0.2) is 55.4 Å². The number of hydrogen-bond acceptors (Lipinski definition) is 5. The van der Waals surface area contributed by atoms with E-state index >= 15 is 0 Å². The van der Waals surface area contributed by atoms with E-state index in [9.17, 15) is 4.79 Å². The molecule has 1 aromatic rings. The lowest BCUT2D eigenvalue weighted by atomic mass is 10.1. The predicted molar refractivity (Wildman–Crippen MR) is 92.7 cm³/mol. The maximum atomic E-state index is 12.6. The fourth-order valence-corrected chi connectivity index (χ4v) is 5.26. The van der Waals surface area contributed by atoms with Crippen LogP contribution in [0.2, 0.25) is 0 Å². The second kappa shape index (κ2) is 7.81. The first-order valence-corrected chi connectivity index (χ1v) is 9.95. The minimum Gasteiger partial charge on any atom is -0.379 e. The van der Waals surface area contributed by atoms with Gasteiger partial charge in [-0.25, -0.2) is 0 Å². The Balaban J connectivity index is 1.47. The van der Waals surface area contributed by atoms with Crippen molar-refractivity contribution >= 4 is 29.0 Å². The van der Waals surface area contributed by atoms with Gasteiger partial charge in [-0.05, 0) is 42.5 Å². The van der Waals surface area contributed by atoms with E-state index in [0.717, 1.165) is 51.4 Å². The van der Waals surface area contributed by atoms with E-state index in [0.29, 0.717) is 0 Å². The van der Waals surface area contributed by atoms with Crippen LogP contribution >= 0.6 is 23.1 Å². The molecule has 0 spiro atoms. The SMILES string of the molecule is C[C@H](CCN1CCOCC1)NC(=O)[C@@H]1SCCc2sccc21. The molecular formula is C16H24N2O2S2. The summed E-state index contributed by atoms with van der Waals surface area (Å²) in [7, 11) is 0. The lowest BCUT2D eigenvalue weighted by Crippen LogP contribution is -2.41. The third kappa shape index (κ3) is 4.04. The number of carbonyl (C=O) groups excluding carboxylic acids is 1. The summed E-state index contributed by atoms with van der Waals surface area (Å²) in [4.78, 5) is 16.4. The van der Waals surface area contributed by atoms with Crippen molar-refractivity contribution < 1.29 is 9.53 Å². The summed E-state index contributed by atoms with van der Waals surface area (Å²) >= 11 is 3.56. The summed E-state index contributed by atoms with van der Waals surface area (Å²) in [6, 6.07) is 2.34. The molecule has 122 valence electrons. The van der Waals surface area contributed by atoms with Gasteiger partial charge in [0.25, 0.3) is 0 Å². The van der Waals surface area contributed by atoms with Gasteiger partial charge in [0.2, 0.25) is 5.91 Å². The van der Waals surface area contributed by atoms with Gasteiger partial charge in [-0.1, -0.05) is 0 Å². The number of ether oxygens (including phenoxy) is 1. The molecule has 22 heavy (non-hydrogen) atoms. The molecule has 0 radical (unpaired) electrons. The van der Waals surface area contributed by atoms with Crippen LogP contribution in [0.1, 0.15) is 29.0 Å². The number of thioether (sulfide) groups is 1. The van der Waals surface area contributed by atoms with Crippen LogP contribution in [-0.2, 0) is 16.0 Å². The number of amides is 1. The van der Waals surface area contributed by atoms with E-state index < -0.39 is 0 Å². The van der Waals surface area contributed by atoms with Crippen molar-refractivity contribution in [2.45, 2.75) is 31.1 Å². The number of nitrogens with zero attached hydrogens (tertiary/aromatic N) is 1. The number of morpholine rings is 1. The van der Waals surface area contributed by atoms with Crippen molar-refractivity contribution in [3.8, 4) is 0 Å². The minimum atomic E-state index is -0.0131. The third-order valence-electron chi connectivity index (χ3n) is 4.28. The maximum absolute atomic E-state index is 12.6. The van der Waals surface area contributed by atoms with Crippen LogP contribution in [0.4, 0.5) is 0 Å². The standard InChI is InChI=1S/C16H24N2O2S2/c1-12(2-5-18-6-8-20-9-7-18)17-16(19)15-13-3-10-21-14(13)4-11-22-15/h3,10,12,15H,2,4-9,11H2,1H3,(H,17,19)/t12-,15-/m1/s1. The zero-order valence-electron chi connectivity index (χ0n) is 13.0. The number of fused-ring (bicyclic) bond motifs is 1. The van der Waals surface area contributed by atoms with Gasteiger partial charge in [0, 0.05) is 30.6 Å². The Morgan fingerprint density at radius 1 is 1.50 bits per heavy atom. The Bertz CT molecular complexity index is 500. The van der Waals surface area contributed by atoms with E-state index in [4.69, 9.17) is 4.74 Å². The van der Waals surface area contributed by atoms with Crippen LogP contribution in [0, 0.1) is 0 Å². The molecule has 1 aromatic heterocycles. The van der Waals surface area contributed by atoms with E-state index in [1.54, 1.807) is 23.1 Å². The average molecular weight is 341 g/mol. The summed E-state index contributed by atoms with van der Waals surface area (Å²) in [5.74, 6) is 1.23. The van der Waals surface area contributed by atoms with E-state index in [1.165, 1.54) is 10.4 Å². The monoisotopic (exact) mass is 340 g/mol. The van der Waals surface area contributed by atoms with Gasteiger partial charge in [-0.15, -0.1) is 23.1 Å². The molecule has 6 heteroatoms. The number of aryl methyl sites for hydroxylation is 1. The number of rotatable bonds is 5. The van der Waals surface area contributed by atoms with E-state index in [1.807, 2.05) is 0 Å². The third-order valence-corrected chi connectivity index (χ3v) is 6.52. The minimum absolute atomic E-state index is 0.0131. The lowest BCUT2D eigenvalue weighted by Gasteiger charge is -2.28. The number of nitrogens with one attached hydrogen (secondary N) is 1. The fourth-order valence-electron chi connectivity index (χ4n) is 2.96. The van der Waals surface area contributed by atoms with Crippen molar-refractivity contribution in [3.05, 3.63) is 21.9 Å². The molecule has 2 aliphatic rings. The van der Waals surface area contributed by atoms with Gasteiger partial charge in [0.1, 0.15) is 5.25 Å². The van der Waals surface area contributed by atoms with Crippen molar-refractivity contribution in [3.63, 3.8) is 0 Å². The molecule has 0 aromatic carbocycles. The average Bonchev–Trinajstić information content (AvgIpc) is 3.02. The fraction of sp³-hybridized carbons (Fsp3) is 0.688. The highest BCUT2D eigenvalue weighted by Crippen LogP contribution is 2.39. The highest BCUT2D eigenvalue weighted by Gasteiger charge is 2.28. The van der Waals surface area contributed by atoms with Gasteiger partial charge >= 0.3 is 0 Å². The smallest absolute Gasteiger partial charge is 0.237 e. The first-order chi connectivity index (χ1) is 10.7. The highest BCUT2D eigenvalue weighted by molar-refractivity contribution is 8.00. The maximum Gasteiger partial charge on any atom is 0.237 e. The Morgan fingerprint density at radius 3 is 3.14 bits per heavy atom. The number of thiophene rings is 1. The van der Waals surface area contributed by atoms with Crippen molar-refractivity contribution in [2.24, 2.45) is 0 Å². The summed E-state index contributed by atoms with van der Waals surface area (Å²) in [6.45, 7) is 6.84. The molecular weight excluding hydrogens is 316 g/mol. The van der Waals surface area contributed by atoms with Crippen LogP contribution < -0.4 is 5.32 Å².